The van der Waals surface area contributed by atoms with Crippen molar-refractivity contribution in [1.82, 2.24) is 10.6 Å². The molecule has 0 spiro atoms. The molecule has 2 rings (SSSR count). The fourth-order valence-corrected chi connectivity index (χ4v) is 2.38. The Bertz CT molecular complexity index is 408. The van der Waals surface area contributed by atoms with Crippen LogP contribution >= 0.6 is 0 Å². The summed E-state index contributed by atoms with van der Waals surface area (Å²) in [6.45, 7) is 3.91. The van der Waals surface area contributed by atoms with Gasteiger partial charge in [0.05, 0.1) is 19.1 Å². The van der Waals surface area contributed by atoms with Crippen molar-refractivity contribution >= 4 is 5.91 Å². The molecule has 4 heteroatoms. The lowest BCUT2D eigenvalue weighted by atomic mass is 9.99. The first kappa shape index (κ1) is 14.0. The van der Waals surface area contributed by atoms with Gasteiger partial charge in [-0.05, 0) is 18.5 Å². The monoisotopic (exact) mass is 262 g/mol. The van der Waals surface area contributed by atoms with Crippen molar-refractivity contribution in [3.63, 3.8) is 0 Å². The quantitative estimate of drug-likeness (QED) is 0.836. The van der Waals surface area contributed by atoms with Gasteiger partial charge in [-0.2, -0.15) is 0 Å². The molecule has 104 valence electrons. The van der Waals surface area contributed by atoms with Gasteiger partial charge in [-0.15, -0.1) is 0 Å². The van der Waals surface area contributed by atoms with E-state index in [0.717, 1.165) is 0 Å². The van der Waals surface area contributed by atoms with Crippen LogP contribution in [-0.2, 0) is 9.53 Å². The van der Waals surface area contributed by atoms with Gasteiger partial charge in [0, 0.05) is 12.6 Å². The normalized spacial score (nSPS) is 24.1. The summed E-state index contributed by atoms with van der Waals surface area (Å²) in [5.41, 5.74) is 1.25. The van der Waals surface area contributed by atoms with Crippen LogP contribution in [-0.4, -0.2) is 38.8 Å². The van der Waals surface area contributed by atoms with Crippen LogP contribution in [0.4, 0.5) is 0 Å². The maximum absolute atomic E-state index is 12.1. The number of amides is 1. The second-order valence-corrected chi connectivity index (χ2v) is 5.10. The van der Waals surface area contributed by atoms with Crippen LogP contribution in [0.3, 0.4) is 0 Å². The van der Waals surface area contributed by atoms with Crippen LogP contribution in [0.2, 0.25) is 0 Å². The summed E-state index contributed by atoms with van der Waals surface area (Å²) in [6, 6.07) is 10.4. The highest BCUT2D eigenvalue weighted by molar-refractivity contribution is 5.79. The van der Waals surface area contributed by atoms with E-state index >= 15 is 0 Å². The minimum absolute atomic E-state index is 0.0760. The Kier molecular flexibility index (Phi) is 4.93. The third kappa shape index (κ3) is 3.55. The number of rotatable bonds is 5. The van der Waals surface area contributed by atoms with Crippen LogP contribution in [0.5, 0.6) is 0 Å². The zero-order valence-corrected chi connectivity index (χ0v) is 11.6. The number of hydrogen-bond donors (Lipinski definition) is 2. The lowest BCUT2D eigenvalue weighted by Crippen LogP contribution is -2.43. The van der Waals surface area contributed by atoms with Crippen molar-refractivity contribution < 1.29 is 9.53 Å². The molecule has 0 aromatic heterocycles. The molecule has 1 amide bonds. The fraction of sp³-hybridized carbons (Fsp3) is 0.533. The maximum Gasteiger partial charge on any atom is 0.227 e. The molecule has 0 bridgehead atoms. The van der Waals surface area contributed by atoms with Gasteiger partial charge >= 0.3 is 0 Å². The van der Waals surface area contributed by atoms with E-state index in [0.29, 0.717) is 25.7 Å². The predicted octanol–water partition coefficient (Wildman–Crippen LogP) is 1.14. The molecule has 1 heterocycles. The average molecular weight is 262 g/mol. The summed E-state index contributed by atoms with van der Waals surface area (Å²) in [4.78, 5) is 12.1. The first-order valence-corrected chi connectivity index (χ1v) is 6.80. The minimum atomic E-state index is -0.0760. The number of ether oxygens (including phenoxy) is 1. The van der Waals surface area contributed by atoms with E-state index < -0.39 is 0 Å². The molecule has 3 atom stereocenters. The zero-order valence-electron chi connectivity index (χ0n) is 11.6. The highest BCUT2D eigenvalue weighted by atomic mass is 16.5. The molecular weight excluding hydrogens is 240 g/mol. The molecule has 1 aromatic rings. The second kappa shape index (κ2) is 6.68. The van der Waals surface area contributed by atoms with Crippen molar-refractivity contribution in [2.75, 3.05) is 26.8 Å². The third-order valence-electron chi connectivity index (χ3n) is 3.74. The Morgan fingerprint density at radius 1 is 1.37 bits per heavy atom. The summed E-state index contributed by atoms with van der Waals surface area (Å²) in [5.74, 6) is 0.327. The van der Waals surface area contributed by atoms with Gasteiger partial charge in [0.1, 0.15) is 0 Å². The largest absolute Gasteiger partial charge is 0.379 e. The van der Waals surface area contributed by atoms with Gasteiger partial charge in [0.2, 0.25) is 5.91 Å². The van der Waals surface area contributed by atoms with Crippen molar-refractivity contribution in [2.45, 2.75) is 18.9 Å². The Morgan fingerprint density at radius 2 is 2.11 bits per heavy atom. The molecule has 1 fully saturated rings. The highest BCUT2D eigenvalue weighted by Gasteiger charge is 2.32. The minimum Gasteiger partial charge on any atom is -0.379 e. The van der Waals surface area contributed by atoms with E-state index in [2.05, 4.69) is 29.7 Å². The number of likely N-dealkylation sites (N-methyl/N-ethyl adjacent to an activating group) is 1. The molecule has 1 aliphatic heterocycles. The van der Waals surface area contributed by atoms with Crippen LogP contribution in [0.15, 0.2) is 30.3 Å². The first-order chi connectivity index (χ1) is 9.22. The summed E-state index contributed by atoms with van der Waals surface area (Å²) in [6.07, 6.45) is 0. The number of benzene rings is 1. The molecule has 1 aromatic carbocycles. The van der Waals surface area contributed by atoms with Crippen molar-refractivity contribution in [2.24, 2.45) is 5.92 Å². The second-order valence-electron chi connectivity index (χ2n) is 5.10. The summed E-state index contributed by atoms with van der Waals surface area (Å²) >= 11 is 0. The van der Waals surface area contributed by atoms with E-state index in [9.17, 15) is 4.79 Å². The van der Waals surface area contributed by atoms with E-state index in [1.165, 1.54) is 5.56 Å². The van der Waals surface area contributed by atoms with E-state index in [4.69, 9.17) is 4.74 Å². The van der Waals surface area contributed by atoms with Crippen LogP contribution in [0.1, 0.15) is 18.4 Å². The number of carbonyl (C=O) groups excluding carboxylic acids is 1. The number of nitrogens with one attached hydrogen (secondary N) is 2. The third-order valence-corrected chi connectivity index (χ3v) is 3.74. The molecule has 1 aliphatic rings. The summed E-state index contributed by atoms with van der Waals surface area (Å²) < 4.78 is 5.35. The highest BCUT2D eigenvalue weighted by Crippen LogP contribution is 2.16. The van der Waals surface area contributed by atoms with Gasteiger partial charge in [0.25, 0.3) is 0 Å². The summed E-state index contributed by atoms with van der Waals surface area (Å²) in [7, 11) is 1.87. The topological polar surface area (TPSA) is 50.4 Å². The summed E-state index contributed by atoms with van der Waals surface area (Å²) in [5, 5.41) is 6.16. The van der Waals surface area contributed by atoms with Crippen LogP contribution in [0.25, 0.3) is 0 Å². The molecule has 19 heavy (non-hydrogen) atoms. The Balaban J connectivity index is 1.83. The van der Waals surface area contributed by atoms with E-state index in [-0.39, 0.29) is 17.9 Å². The molecular formula is C15H22N2O2. The van der Waals surface area contributed by atoms with Crippen molar-refractivity contribution in [1.29, 1.82) is 0 Å². The standard InChI is InChI=1S/C15H22N2O2/c1-11(12-6-4-3-5-7-12)8-17-15(18)13-9-19-10-14(13)16-2/h3-7,11,13-14,16H,8-10H2,1-2H3,(H,17,18). The SMILES string of the molecule is CNC1COCC1C(=O)NCC(C)c1ccccc1. The first-order valence-electron chi connectivity index (χ1n) is 6.80. The van der Waals surface area contributed by atoms with Crippen molar-refractivity contribution in [3.8, 4) is 0 Å². The van der Waals surface area contributed by atoms with Gasteiger partial charge in [0.15, 0.2) is 0 Å². The van der Waals surface area contributed by atoms with Gasteiger partial charge < -0.3 is 15.4 Å². The molecule has 2 N–H and O–H groups in total. The molecule has 3 unspecified atom stereocenters. The van der Waals surface area contributed by atoms with Gasteiger partial charge in [-0.25, -0.2) is 0 Å². The molecule has 1 saturated heterocycles. The predicted molar refractivity (Wildman–Crippen MR) is 75.0 cm³/mol. The Morgan fingerprint density at radius 3 is 2.79 bits per heavy atom. The fourth-order valence-electron chi connectivity index (χ4n) is 2.38. The molecule has 0 saturated carbocycles. The number of carbonyl (C=O) groups is 1. The molecule has 4 nitrogen and oxygen atoms in total. The molecule has 0 radical (unpaired) electrons. The Hall–Kier alpha value is -1.39. The van der Waals surface area contributed by atoms with Crippen molar-refractivity contribution in [3.05, 3.63) is 35.9 Å². The van der Waals surface area contributed by atoms with E-state index in [1.54, 1.807) is 0 Å². The Labute approximate surface area is 114 Å². The smallest absolute Gasteiger partial charge is 0.227 e. The molecule has 0 aliphatic carbocycles. The lowest BCUT2D eigenvalue weighted by molar-refractivity contribution is -0.125. The van der Waals surface area contributed by atoms with Crippen LogP contribution < -0.4 is 10.6 Å². The maximum atomic E-state index is 12.1. The zero-order chi connectivity index (χ0) is 13.7. The van der Waals surface area contributed by atoms with E-state index in [1.807, 2.05) is 25.2 Å². The van der Waals surface area contributed by atoms with Gasteiger partial charge in [-0.3, -0.25) is 4.79 Å². The lowest BCUT2D eigenvalue weighted by Gasteiger charge is -2.18. The van der Waals surface area contributed by atoms with Gasteiger partial charge in [-0.1, -0.05) is 37.3 Å². The average Bonchev–Trinajstić information content (AvgIpc) is 2.93. The van der Waals surface area contributed by atoms with Crippen LogP contribution in [0, 0.1) is 5.92 Å². The number of hydrogen-bond acceptors (Lipinski definition) is 3.